The Hall–Kier alpha value is -2.78. The first kappa shape index (κ1) is 20.5. The van der Waals surface area contributed by atoms with E-state index in [1.165, 1.54) is 23.7 Å². The molecule has 9 heteroatoms. The molecule has 0 saturated carbocycles. The van der Waals surface area contributed by atoms with E-state index in [0.29, 0.717) is 17.8 Å². The van der Waals surface area contributed by atoms with E-state index in [1.807, 2.05) is 32.1 Å². The van der Waals surface area contributed by atoms with E-state index >= 15 is 0 Å². The molecule has 0 aliphatic carbocycles. The van der Waals surface area contributed by atoms with E-state index in [-0.39, 0.29) is 17.0 Å². The highest BCUT2D eigenvalue weighted by molar-refractivity contribution is 8.04. The topological polar surface area (TPSA) is 93.3 Å². The predicted molar refractivity (Wildman–Crippen MR) is 121 cm³/mol. The quantitative estimate of drug-likeness (QED) is 0.439. The van der Waals surface area contributed by atoms with Crippen molar-refractivity contribution < 1.29 is 9.18 Å². The summed E-state index contributed by atoms with van der Waals surface area (Å²) in [6, 6.07) is 8.69. The van der Waals surface area contributed by atoms with Crippen LogP contribution in [0.5, 0.6) is 0 Å². The third-order valence-corrected chi connectivity index (χ3v) is 7.42. The summed E-state index contributed by atoms with van der Waals surface area (Å²) < 4.78 is 14.0. The molecule has 3 aromatic rings. The molecule has 2 aromatic heterocycles. The number of carbonyl (C=O) groups is 1. The van der Waals surface area contributed by atoms with E-state index in [1.54, 1.807) is 30.1 Å². The van der Waals surface area contributed by atoms with Crippen molar-refractivity contribution in [3.05, 3.63) is 63.9 Å². The van der Waals surface area contributed by atoms with Gasteiger partial charge in [-0.15, -0.1) is 23.1 Å². The lowest BCUT2D eigenvalue weighted by atomic mass is 9.86. The summed E-state index contributed by atoms with van der Waals surface area (Å²) in [5.74, 6) is -0.0523. The second kappa shape index (κ2) is 8.16. The number of hydrogen-bond acceptors (Lipinski definition) is 7. The number of allylic oxidation sites excluding steroid dienone is 1. The SMILES string of the molecule is CC1=CC(C)(C(N)=O)C(C=NNc2ncnc3sc(Cc4ccccc4F)cc23)S1. The number of hydrogen-bond donors (Lipinski definition) is 2. The molecule has 1 amide bonds. The van der Waals surface area contributed by atoms with Gasteiger partial charge in [-0.1, -0.05) is 24.3 Å². The van der Waals surface area contributed by atoms with Crippen LogP contribution in [0, 0.1) is 11.2 Å². The van der Waals surface area contributed by atoms with Gasteiger partial charge < -0.3 is 5.73 Å². The van der Waals surface area contributed by atoms with Crippen LogP contribution in [0.3, 0.4) is 0 Å². The molecule has 30 heavy (non-hydrogen) atoms. The number of hydrazone groups is 1. The van der Waals surface area contributed by atoms with Crippen LogP contribution >= 0.6 is 23.1 Å². The summed E-state index contributed by atoms with van der Waals surface area (Å²) in [7, 11) is 0. The van der Waals surface area contributed by atoms with Crippen LogP contribution in [-0.4, -0.2) is 27.3 Å². The molecule has 2 atom stereocenters. The van der Waals surface area contributed by atoms with E-state index in [4.69, 9.17) is 5.73 Å². The van der Waals surface area contributed by atoms with Gasteiger partial charge in [0.05, 0.1) is 16.1 Å². The first-order chi connectivity index (χ1) is 14.4. The van der Waals surface area contributed by atoms with Gasteiger partial charge in [0.2, 0.25) is 5.91 Å². The fraction of sp³-hybridized carbons (Fsp3) is 0.238. The van der Waals surface area contributed by atoms with Crippen LogP contribution in [0.4, 0.5) is 10.2 Å². The molecule has 0 radical (unpaired) electrons. The van der Waals surface area contributed by atoms with Crippen molar-refractivity contribution in [3.8, 4) is 0 Å². The van der Waals surface area contributed by atoms with Gasteiger partial charge in [-0.3, -0.25) is 10.2 Å². The van der Waals surface area contributed by atoms with Gasteiger partial charge in [-0.05, 0) is 36.4 Å². The maximum absolute atomic E-state index is 14.0. The molecule has 1 aliphatic heterocycles. The van der Waals surface area contributed by atoms with Gasteiger partial charge in [-0.2, -0.15) is 5.10 Å². The minimum atomic E-state index is -0.782. The number of carbonyl (C=O) groups excluding carboxylic acids is 1. The highest BCUT2D eigenvalue weighted by atomic mass is 32.2. The molecule has 154 valence electrons. The van der Waals surface area contributed by atoms with Crippen LogP contribution in [0.15, 0.2) is 52.7 Å². The minimum absolute atomic E-state index is 0.195. The van der Waals surface area contributed by atoms with Gasteiger partial charge in [-0.25, -0.2) is 14.4 Å². The number of benzene rings is 1. The Balaban J connectivity index is 1.54. The molecular weight excluding hydrogens is 421 g/mol. The Morgan fingerprint density at radius 2 is 2.20 bits per heavy atom. The third kappa shape index (κ3) is 3.95. The number of nitrogens with one attached hydrogen (secondary N) is 1. The molecule has 0 fully saturated rings. The van der Waals surface area contributed by atoms with Crippen LogP contribution in [-0.2, 0) is 11.2 Å². The lowest BCUT2D eigenvalue weighted by Crippen LogP contribution is -2.40. The highest BCUT2D eigenvalue weighted by Crippen LogP contribution is 2.43. The molecule has 1 aliphatic rings. The lowest BCUT2D eigenvalue weighted by Gasteiger charge is -2.22. The van der Waals surface area contributed by atoms with Crippen molar-refractivity contribution in [2.24, 2.45) is 16.3 Å². The number of halogens is 1. The standard InChI is InChI=1S/C21H20FN5OS2/c1-12-9-21(2,20(23)28)17(29-12)10-26-27-18-15-8-14(30-19(15)25-11-24-18)7-13-5-3-4-6-16(13)22/h3-6,8-11,17H,7H2,1-2H3,(H2,23,28)(H,24,25,27). The van der Waals surface area contributed by atoms with Gasteiger partial charge >= 0.3 is 0 Å². The van der Waals surface area contributed by atoms with Crippen molar-refractivity contribution in [1.29, 1.82) is 0 Å². The average molecular weight is 442 g/mol. The fourth-order valence-corrected chi connectivity index (χ4v) is 5.62. The maximum Gasteiger partial charge on any atom is 0.228 e. The molecule has 1 aromatic carbocycles. The highest BCUT2D eigenvalue weighted by Gasteiger charge is 2.42. The normalized spacial score (nSPS) is 21.3. The van der Waals surface area contributed by atoms with Crippen molar-refractivity contribution >= 4 is 51.3 Å². The molecular formula is C21H20FN5OS2. The zero-order valence-electron chi connectivity index (χ0n) is 16.4. The van der Waals surface area contributed by atoms with Crippen LogP contribution in [0.1, 0.15) is 24.3 Å². The minimum Gasteiger partial charge on any atom is -0.369 e. The number of anilines is 1. The van der Waals surface area contributed by atoms with Gasteiger partial charge in [0.25, 0.3) is 0 Å². The Labute approximate surface area is 181 Å². The largest absolute Gasteiger partial charge is 0.369 e. The summed E-state index contributed by atoms with van der Waals surface area (Å²) in [4.78, 5) is 23.3. The first-order valence-corrected chi connectivity index (χ1v) is 11.0. The number of primary amides is 1. The lowest BCUT2D eigenvalue weighted by molar-refractivity contribution is -0.123. The fourth-order valence-electron chi connectivity index (χ4n) is 3.33. The van der Waals surface area contributed by atoms with Crippen molar-refractivity contribution in [3.63, 3.8) is 0 Å². The number of fused-ring (bicyclic) bond motifs is 1. The predicted octanol–water partition coefficient (Wildman–Crippen LogP) is 4.33. The van der Waals surface area contributed by atoms with Gasteiger partial charge in [0.1, 0.15) is 17.0 Å². The number of aromatic nitrogens is 2. The number of nitrogens with zero attached hydrogens (tertiary/aromatic N) is 3. The van der Waals surface area contributed by atoms with Crippen molar-refractivity contribution in [2.45, 2.75) is 25.5 Å². The number of amides is 1. The van der Waals surface area contributed by atoms with Crippen LogP contribution in [0.25, 0.3) is 10.2 Å². The zero-order valence-corrected chi connectivity index (χ0v) is 18.1. The number of thiophene rings is 1. The molecule has 4 rings (SSSR count). The molecule has 3 N–H and O–H groups in total. The second-order valence-electron chi connectivity index (χ2n) is 7.25. The van der Waals surface area contributed by atoms with Crippen LogP contribution in [0.2, 0.25) is 0 Å². The smallest absolute Gasteiger partial charge is 0.228 e. The number of thioether (sulfide) groups is 1. The van der Waals surface area contributed by atoms with E-state index in [0.717, 1.165) is 20.0 Å². The summed E-state index contributed by atoms with van der Waals surface area (Å²) in [5, 5.41) is 4.93. The molecule has 3 heterocycles. The average Bonchev–Trinajstić information content (AvgIpc) is 3.24. The number of rotatable bonds is 6. The number of nitrogens with two attached hydrogens (primary N) is 1. The maximum atomic E-state index is 14.0. The Bertz CT molecular complexity index is 1180. The molecule has 6 nitrogen and oxygen atoms in total. The molecule has 0 saturated heterocycles. The van der Waals surface area contributed by atoms with E-state index in [2.05, 4.69) is 20.5 Å². The zero-order chi connectivity index (χ0) is 21.3. The first-order valence-electron chi connectivity index (χ1n) is 9.29. The Morgan fingerprint density at radius 1 is 1.40 bits per heavy atom. The second-order valence-corrected chi connectivity index (χ2v) is 9.76. The van der Waals surface area contributed by atoms with Crippen molar-refractivity contribution in [1.82, 2.24) is 9.97 Å². The van der Waals surface area contributed by atoms with Gasteiger partial charge in [0, 0.05) is 17.5 Å². The Morgan fingerprint density at radius 3 is 2.97 bits per heavy atom. The Kier molecular flexibility index (Phi) is 5.57. The summed E-state index contributed by atoms with van der Waals surface area (Å²) in [5.41, 5.74) is 8.40. The van der Waals surface area contributed by atoms with E-state index in [9.17, 15) is 9.18 Å². The molecule has 0 bridgehead atoms. The van der Waals surface area contributed by atoms with E-state index < -0.39 is 5.41 Å². The van der Waals surface area contributed by atoms with Crippen LogP contribution < -0.4 is 11.2 Å². The summed E-state index contributed by atoms with van der Waals surface area (Å²) in [6.07, 6.45) is 5.51. The van der Waals surface area contributed by atoms with Gasteiger partial charge in [0.15, 0.2) is 5.82 Å². The molecule has 2 unspecified atom stereocenters. The van der Waals surface area contributed by atoms with Crippen molar-refractivity contribution in [2.75, 3.05) is 5.43 Å². The summed E-state index contributed by atoms with van der Waals surface area (Å²) in [6.45, 7) is 3.76. The third-order valence-electron chi connectivity index (χ3n) is 5.02. The summed E-state index contributed by atoms with van der Waals surface area (Å²) >= 11 is 3.05. The monoisotopic (exact) mass is 441 g/mol. The molecule has 0 spiro atoms.